The van der Waals surface area contributed by atoms with E-state index in [2.05, 4.69) is 15.9 Å². The number of pyridine rings is 1. The van der Waals surface area contributed by atoms with Gasteiger partial charge in [-0.1, -0.05) is 28.1 Å². The third-order valence-corrected chi connectivity index (χ3v) is 2.74. The van der Waals surface area contributed by atoms with Gasteiger partial charge in [0.1, 0.15) is 0 Å². The predicted molar refractivity (Wildman–Crippen MR) is 64.8 cm³/mol. The standard InChI is InChI=1S/C12H10BrNO/c1-14-8-10(5-6-12(14)15)9-3-2-4-11(13)7-9/h2-8H,1H3. The lowest BCUT2D eigenvalue weighted by Crippen LogP contribution is -2.13. The van der Waals surface area contributed by atoms with Crippen LogP contribution in [0, 0.1) is 0 Å². The topological polar surface area (TPSA) is 22.0 Å². The number of aryl methyl sites for hydroxylation is 1. The Bertz CT molecular complexity index is 545. The summed E-state index contributed by atoms with van der Waals surface area (Å²) in [5, 5.41) is 0. The number of halogens is 1. The van der Waals surface area contributed by atoms with E-state index in [0.717, 1.165) is 15.6 Å². The number of nitrogens with zero attached hydrogens (tertiary/aromatic N) is 1. The molecule has 0 atom stereocenters. The average molecular weight is 264 g/mol. The first kappa shape index (κ1) is 10.2. The van der Waals surface area contributed by atoms with Gasteiger partial charge in [0.25, 0.3) is 0 Å². The second-order valence-corrected chi connectivity index (χ2v) is 4.29. The van der Waals surface area contributed by atoms with E-state index in [4.69, 9.17) is 0 Å². The Balaban J connectivity index is 2.55. The first-order valence-corrected chi connectivity index (χ1v) is 5.39. The molecule has 0 bridgehead atoms. The summed E-state index contributed by atoms with van der Waals surface area (Å²) in [4.78, 5) is 11.2. The van der Waals surface area contributed by atoms with Gasteiger partial charge in [0.15, 0.2) is 0 Å². The Labute approximate surface area is 96.3 Å². The summed E-state index contributed by atoms with van der Waals surface area (Å²) in [7, 11) is 1.75. The van der Waals surface area contributed by atoms with Crippen molar-refractivity contribution in [2.24, 2.45) is 7.05 Å². The van der Waals surface area contributed by atoms with Gasteiger partial charge in [-0.05, 0) is 29.3 Å². The fraction of sp³-hybridized carbons (Fsp3) is 0.0833. The summed E-state index contributed by atoms with van der Waals surface area (Å²) in [6.07, 6.45) is 1.84. The van der Waals surface area contributed by atoms with E-state index in [1.165, 1.54) is 0 Å². The molecule has 0 aliphatic heterocycles. The Morgan fingerprint density at radius 3 is 2.60 bits per heavy atom. The summed E-state index contributed by atoms with van der Waals surface area (Å²) in [6.45, 7) is 0. The zero-order chi connectivity index (χ0) is 10.8. The van der Waals surface area contributed by atoms with E-state index in [9.17, 15) is 4.79 Å². The van der Waals surface area contributed by atoms with Gasteiger partial charge in [-0.3, -0.25) is 4.79 Å². The smallest absolute Gasteiger partial charge is 0.250 e. The molecule has 1 heterocycles. The van der Waals surface area contributed by atoms with E-state index in [0.29, 0.717) is 0 Å². The molecule has 0 aliphatic carbocycles. The van der Waals surface area contributed by atoms with Gasteiger partial charge >= 0.3 is 0 Å². The third kappa shape index (κ3) is 2.18. The Kier molecular flexibility index (Phi) is 2.73. The third-order valence-electron chi connectivity index (χ3n) is 2.24. The molecule has 0 N–H and O–H groups in total. The van der Waals surface area contributed by atoms with Crippen molar-refractivity contribution >= 4 is 15.9 Å². The van der Waals surface area contributed by atoms with E-state index in [1.54, 1.807) is 17.7 Å². The van der Waals surface area contributed by atoms with Crippen molar-refractivity contribution in [2.45, 2.75) is 0 Å². The average Bonchev–Trinajstić information content (AvgIpc) is 2.22. The highest BCUT2D eigenvalue weighted by Crippen LogP contribution is 2.21. The monoisotopic (exact) mass is 263 g/mol. The predicted octanol–water partition coefficient (Wildman–Crippen LogP) is 2.81. The number of hydrogen-bond donors (Lipinski definition) is 0. The van der Waals surface area contributed by atoms with Gasteiger partial charge in [0.2, 0.25) is 5.56 Å². The summed E-state index contributed by atoms with van der Waals surface area (Å²) < 4.78 is 2.62. The molecule has 76 valence electrons. The van der Waals surface area contributed by atoms with Gasteiger partial charge in [0.05, 0.1) is 0 Å². The summed E-state index contributed by atoms with van der Waals surface area (Å²) >= 11 is 3.42. The molecule has 0 saturated heterocycles. The van der Waals surface area contributed by atoms with Crippen LogP contribution in [-0.2, 0) is 7.05 Å². The SMILES string of the molecule is Cn1cc(-c2cccc(Br)c2)ccc1=O. The molecule has 0 fully saturated rings. The van der Waals surface area contributed by atoms with Crippen LogP contribution in [0.25, 0.3) is 11.1 Å². The quantitative estimate of drug-likeness (QED) is 0.776. The lowest BCUT2D eigenvalue weighted by molar-refractivity contribution is 0.862. The van der Waals surface area contributed by atoms with E-state index in [1.807, 2.05) is 36.5 Å². The molecule has 0 spiro atoms. The van der Waals surface area contributed by atoms with Crippen LogP contribution < -0.4 is 5.56 Å². The van der Waals surface area contributed by atoms with Crippen molar-refractivity contribution in [3.63, 3.8) is 0 Å². The maximum Gasteiger partial charge on any atom is 0.250 e. The lowest BCUT2D eigenvalue weighted by Gasteiger charge is -2.04. The zero-order valence-corrected chi connectivity index (χ0v) is 9.86. The molecule has 2 nitrogen and oxygen atoms in total. The first-order chi connectivity index (χ1) is 7.16. The van der Waals surface area contributed by atoms with E-state index >= 15 is 0 Å². The molecule has 2 aromatic rings. The van der Waals surface area contributed by atoms with Gasteiger partial charge in [-0.2, -0.15) is 0 Å². The minimum atomic E-state index is 0.00810. The summed E-state index contributed by atoms with van der Waals surface area (Å²) in [6, 6.07) is 11.4. The lowest BCUT2D eigenvalue weighted by atomic mass is 10.1. The molecule has 0 radical (unpaired) electrons. The fourth-order valence-electron chi connectivity index (χ4n) is 1.43. The minimum Gasteiger partial charge on any atom is -0.318 e. The molecule has 2 rings (SSSR count). The highest BCUT2D eigenvalue weighted by Gasteiger charge is 1.99. The van der Waals surface area contributed by atoms with Crippen LogP contribution in [0.3, 0.4) is 0 Å². The molecular formula is C12H10BrNO. The van der Waals surface area contributed by atoms with Gasteiger partial charge in [0, 0.05) is 23.8 Å². The molecule has 1 aromatic heterocycles. The first-order valence-electron chi connectivity index (χ1n) is 4.59. The van der Waals surface area contributed by atoms with Crippen LogP contribution in [0.4, 0.5) is 0 Å². The van der Waals surface area contributed by atoms with Crippen LogP contribution in [0.5, 0.6) is 0 Å². The van der Waals surface area contributed by atoms with E-state index < -0.39 is 0 Å². The Hall–Kier alpha value is -1.35. The van der Waals surface area contributed by atoms with Crippen molar-refractivity contribution in [1.82, 2.24) is 4.57 Å². The molecule has 0 amide bonds. The summed E-state index contributed by atoms with van der Waals surface area (Å²) in [5.41, 5.74) is 2.15. The van der Waals surface area contributed by atoms with Gasteiger partial charge in [-0.25, -0.2) is 0 Å². The molecule has 15 heavy (non-hydrogen) atoms. The van der Waals surface area contributed by atoms with Crippen molar-refractivity contribution in [3.8, 4) is 11.1 Å². The second-order valence-electron chi connectivity index (χ2n) is 3.38. The summed E-state index contributed by atoms with van der Waals surface area (Å²) in [5.74, 6) is 0. The molecule has 0 saturated carbocycles. The van der Waals surface area contributed by atoms with Crippen molar-refractivity contribution < 1.29 is 0 Å². The maximum absolute atomic E-state index is 11.2. The maximum atomic E-state index is 11.2. The largest absolute Gasteiger partial charge is 0.318 e. The Morgan fingerprint density at radius 2 is 1.93 bits per heavy atom. The van der Waals surface area contributed by atoms with E-state index in [-0.39, 0.29) is 5.56 Å². The fourth-order valence-corrected chi connectivity index (χ4v) is 1.83. The van der Waals surface area contributed by atoms with Gasteiger partial charge < -0.3 is 4.57 Å². The van der Waals surface area contributed by atoms with Crippen LogP contribution in [0.15, 0.2) is 51.9 Å². The Morgan fingerprint density at radius 1 is 1.13 bits per heavy atom. The number of aromatic nitrogens is 1. The normalized spacial score (nSPS) is 10.3. The molecule has 0 unspecified atom stereocenters. The number of rotatable bonds is 1. The van der Waals surface area contributed by atoms with Crippen LogP contribution in [0.1, 0.15) is 0 Å². The second kappa shape index (κ2) is 4.03. The number of hydrogen-bond acceptors (Lipinski definition) is 1. The van der Waals surface area contributed by atoms with Crippen molar-refractivity contribution in [3.05, 3.63) is 57.4 Å². The van der Waals surface area contributed by atoms with Crippen LogP contribution in [0.2, 0.25) is 0 Å². The molecule has 3 heteroatoms. The molecule has 0 aliphatic rings. The van der Waals surface area contributed by atoms with Crippen LogP contribution >= 0.6 is 15.9 Å². The van der Waals surface area contributed by atoms with Crippen molar-refractivity contribution in [1.29, 1.82) is 0 Å². The van der Waals surface area contributed by atoms with Gasteiger partial charge in [-0.15, -0.1) is 0 Å². The van der Waals surface area contributed by atoms with Crippen LogP contribution in [-0.4, -0.2) is 4.57 Å². The molecular weight excluding hydrogens is 254 g/mol. The molecule has 1 aromatic carbocycles. The minimum absolute atomic E-state index is 0.00810. The van der Waals surface area contributed by atoms with Crippen molar-refractivity contribution in [2.75, 3.05) is 0 Å². The highest BCUT2D eigenvalue weighted by atomic mass is 79.9. The highest BCUT2D eigenvalue weighted by molar-refractivity contribution is 9.10. The number of benzene rings is 1. The zero-order valence-electron chi connectivity index (χ0n) is 8.27.